The molecule has 3 rings (SSSR count). The van der Waals surface area contributed by atoms with Gasteiger partial charge in [0.1, 0.15) is 5.78 Å². The minimum atomic E-state index is 0.0317. The van der Waals surface area contributed by atoms with Crippen molar-refractivity contribution in [3.63, 3.8) is 0 Å². The summed E-state index contributed by atoms with van der Waals surface area (Å²) in [5.74, 6) is 0.272. The summed E-state index contributed by atoms with van der Waals surface area (Å²) in [5, 5.41) is 4.96. The van der Waals surface area contributed by atoms with Gasteiger partial charge in [-0.25, -0.2) is 0 Å². The standard InChI is InChI=1S/C17H15Cl2NO/c18-13-5-1-11(2-6-13)16-9-15(21)10-17(20-16)12-3-7-14(19)8-4-12/h1-8,16-17,20H,9-10H2/t16-,17+. The third kappa shape index (κ3) is 3.46. The summed E-state index contributed by atoms with van der Waals surface area (Å²) < 4.78 is 0. The number of ketones is 1. The molecule has 4 heteroatoms. The first-order valence-corrected chi connectivity index (χ1v) is 7.66. The van der Waals surface area contributed by atoms with Crippen LogP contribution in [0.25, 0.3) is 0 Å². The SMILES string of the molecule is O=C1C[C@@H](c2ccc(Cl)cc2)N[C@@H](c2ccc(Cl)cc2)C1. The van der Waals surface area contributed by atoms with Gasteiger partial charge < -0.3 is 5.32 Å². The van der Waals surface area contributed by atoms with Gasteiger partial charge in [0.05, 0.1) is 0 Å². The Bertz CT molecular complexity index is 581. The molecule has 1 fully saturated rings. The van der Waals surface area contributed by atoms with Gasteiger partial charge in [-0.2, -0.15) is 0 Å². The Morgan fingerprint density at radius 3 is 1.52 bits per heavy atom. The van der Waals surface area contributed by atoms with Crippen molar-refractivity contribution in [2.45, 2.75) is 24.9 Å². The van der Waals surface area contributed by atoms with Crippen LogP contribution in [-0.4, -0.2) is 5.78 Å². The van der Waals surface area contributed by atoms with E-state index in [9.17, 15) is 4.79 Å². The minimum absolute atomic E-state index is 0.0317. The molecule has 21 heavy (non-hydrogen) atoms. The molecule has 1 aliphatic rings. The van der Waals surface area contributed by atoms with E-state index in [4.69, 9.17) is 23.2 Å². The van der Waals surface area contributed by atoms with E-state index in [2.05, 4.69) is 5.32 Å². The van der Waals surface area contributed by atoms with Crippen LogP contribution in [0.2, 0.25) is 10.0 Å². The molecule has 1 heterocycles. The number of benzene rings is 2. The first-order chi connectivity index (χ1) is 10.1. The fourth-order valence-electron chi connectivity index (χ4n) is 2.72. The second-order valence-electron chi connectivity index (χ2n) is 5.32. The van der Waals surface area contributed by atoms with E-state index in [1.807, 2.05) is 48.5 Å². The van der Waals surface area contributed by atoms with Gasteiger partial charge in [0, 0.05) is 35.0 Å². The lowest BCUT2D eigenvalue weighted by atomic mass is 9.89. The van der Waals surface area contributed by atoms with E-state index in [-0.39, 0.29) is 17.9 Å². The lowest BCUT2D eigenvalue weighted by molar-refractivity contribution is -0.121. The van der Waals surface area contributed by atoms with Crippen LogP contribution in [0.15, 0.2) is 48.5 Å². The normalized spacial score (nSPS) is 22.3. The summed E-state index contributed by atoms with van der Waals surface area (Å²) in [5.41, 5.74) is 2.18. The van der Waals surface area contributed by atoms with Crippen molar-refractivity contribution < 1.29 is 4.79 Å². The lowest BCUT2D eigenvalue weighted by Crippen LogP contribution is -2.35. The number of Topliss-reactive ketones (excluding diaryl/α,β-unsaturated/α-hetero) is 1. The van der Waals surface area contributed by atoms with Gasteiger partial charge in [-0.05, 0) is 35.4 Å². The van der Waals surface area contributed by atoms with Crippen molar-refractivity contribution in [2.24, 2.45) is 0 Å². The summed E-state index contributed by atoms with van der Waals surface area (Å²) in [4.78, 5) is 12.1. The second-order valence-corrected chi connectivity index (χ2v) is 6.19. The number of hydrogen-bond acceptors (Lipinski definition) is 2. The Labute approximate surface area is 134 Å². The van der Waals surface area contributed by atoms with E-state index in [1.54, 1.807) is 0 Å². The monoisotopic (exact) mass is 319 g/mol. The molecule has 2 aromatic carbocycles. The van der Waals surface area contributed by atoms with E-state index < -0.39 is 0 Å². The molecule has 0 saturated carbocycles. The average molecular weight is 320 g/mol. The minimum Gasteiger partial charge on any atom is -0.302 e. The molecule has 2 atom stereocenters. The maximum absolute atomic E-state index is 12.1. The van der Waals surface area contributed by atoms with Crippen LogP contribution in [0.1, 0.15) is 36.1 Å². The Morgan fingerprint density at radius 1 is 0.762 bits per heavy atom. The van der Waals surface area contributed by atoms with Gasteiger partial charge in [0.2, 0.25) is 0 Å². The van der Waals surface area contributed by atoms with Gasteiger partial charge in [-0.1, -0.05) is 47.5 Å². The lowest BCUT2D eigenvalue weighted by Gasteiger charge is -2.31. The van der Waals surface area contributed by atoms with Crippen molar-refractivity contribution in [1.29, 1.82) is 0 Å². The van der Waals surface area contributed by atoms with Crippen LogP contribution in [0.5, 0.6) is 0 Å². The van der Waals surface area contributed by atoms with Gasteiger partial charge >= 0.3 is 0 Å². The second kappa shape index (κ2) is 6.18. The molecule has 0 bridgehead atoms. The average Bonchev–Trinajstić information content (AvgIpc) is 2.48. The number of piperidine rings is 1. The third-order valence-electron chi connectivity index (χ3n) is 3.81. The van der Waals surface area contributed by atoms with Crippen LogP contribution in [-0.2, 0) is 4.79 Å². The van der Waals surface area contributed by atoms with Crippen molar-refractivity contribution >= 4 is 29.0 Å². The zero-order chi connectivity index (χ0) is 14.8. The Kier molecular flexibility index (Phi) is 4.29. The summed E-state index contributed by atoms with van der Waals surface area (Å²) >= 11 is 11.8. The van der Waals surface area contributed by atoms with Crippen LogP contribution in [0, 0.1) is 0 Å². The van der Waals surface area contributed by atoms with E-state index in [1.165, 1.54) is 0 Å². The smallest absolute Gasteiger partial charge is 0.136 e. The number of carbonyl (C=O) groups is 1. The Morgan fingerprint density at radius 2 is 1.14 bits per heavy atom. The summed E-state index contributed by atoms with van der Waals surface area (Å²) in [7, 11) is 0. The van der Waals surface area contributed by atoms with E-state index >= 15 is 0 Å². The molecule has 1 saturated heterocycles. The number of rotatable bonds is 2. The number of carbonyl (C=O) groups excluding carboxylic acids is 1. The predicted molar refractivity (Wildman–Crippen MR) is 85.8 cm³/mol. The maximum Gasteiger partial charge on any atom is 0.136 e. The largest absolute Gasteiger partial charge is 0.302 e. The highest BCUT2D eigenvalue weighted by Gasteiger charge is 2.28. The fraction of sp³-hybridized carbons (Fsp3) is 0.235. The zero-order valence-corrected chi connectivity index (χ0v) is 12.9. The first-order valence-electron chi connectivity index (χ1n) is 6.90. The highest BCUT2D eigenvalue weighted by Crippen LogP contribution is 2.31. The molecular weight excluding hydrogens is 305 g/mol. The molecule has 1 N–H and O–H groups in total. The molecule has 2 nitrogen and oxygen atoms in total. The summed E-state index contributed by atoms with van der Waals surface area (Å²) in [6, 6.07) is 15.4. The van der Waals surface area contributed by atoms with Crippen LogP contribution < -0.4 is 5.32 Å². The Balaban J connectivity index is 1.82. The highest BCUT2D eigenvalue weighted by atomic mass is 35.5. The number of nitrogens with one attached hydrogen (secondary N) is 1. The Hall–Kier alpha value is -1.35. The predicted octanol–water partition coefficient (Wildman–Crippen LogP) is 4.73. The number of hydrogen-bond donors (Lipinski definition) is 1. The molecular formula is C17H15Cl2NO. The quantitative estimate of drug-likeness (QED) is 0.867. The van der Waals surface area contributed by atoms with Gasteiger partial charge in [-0.15, -0.1) is 0 Å². The molecule has 1 aliphatic heterocycles. The van der Waals surface area contributed by atoms with Crippen molar-refractivity contribution in [3.05, 3.63) is 69.7 Å². The maximum atomic E-state index is 12.1. The molecule has 0 unspecified atom stereocenters. The summed E-state index contributed by atoms with van der Waals surface area (Å²) in [6.07, 6.45) is 1.04. The van der Waals surface area contributed by atoms with Crippen molar-refractivity contribution in [3.8, 4) is 0 Å². The van der Waals surface area contributed by atoms with Gasteiger partial charge in [-0.3, -0.25) is 4.79 Å². The zero-order valence-electron chi connectivity index (χ0n) is 11.4. The van der Waals surface area contributed by atoms with Crippen LogP contribution in [0.3, 0.4) is 0 Å². The van der Waals surface area contributed by atoms with Crippen LogP contribution in [0.4, 0.5) is 0 Å². The fourth-order valence-corrected chi connectivity index (χ4v) is 2.97. The molecule has 0 spiro atoms. The first kappa shape index (κ1) is 14.6. The molecule has 0 aliphatic carbocycles. The van der Waals surface area contributed by atoms with Crippen LogP contribution >= 0.6 is 23.2 Å². The van der Waals surface area contributed by atoms with Crippen molar-refractivity contribution in [1.82, 2.24) is 5.32 Å². The molecule has 0 radical (unpaired) electrons. The topological polar surface area (TPSA) is 29.1 Å². The molecule has 108 valence electrons. The number of halogens is 2. The van der Waals surface area contributed by atoms with Gasteiger partial charge in [0.25, 0.3) is 0 Å². The molecule has 2 aromatic rings. The van der Waals surface area contributed by atoms with Gasteiger partial charge in [0.15, 0.2) is 0 Å². The molecule has 0 amide bonds. The highest BCUT2D eigenvalue weighted by molar-refractivity contribution is 6.30. The van der Waals surface area contributed by atoms with E-state index in [0.29, 0.717) is 22.9 Å². The van der Waals surface area contributed by atoms with E-state index in [0.717, 1.165) is 11.1 Å². The molecule has 0 aromatic heterocycles. The third-order valence-corrected chi connectivity index (χ3v) is 4.31. The summed E-state index contributed by atoms with van der Waals surface area (Å²) in [6.45, 7) is 0. The van der Waals surface area contributed by atoms with Crippen molar-refractivity contribution in [2.75, 3.05) is 0 Å².